The highest BCUT2D eigenvalue weighted by molar-refractivity contribution is 8.01. The smallest absolute Gasteiger partial charge is 0.251 e. The number of benzene rings is 1. The molecule has 2 saturated carbocycles. The maximum absolute atomic E-state index is 12.8. The van der Waals surface area contributed by atoms with E-state index in [2.05, 4.69) is 30.8 Å². The average Bonchev–Trinajstić information content (AvgIpc) is 2.67. The number of anilines is 1. The van der Waals surface area contributed by atoms with Crippen molar-refractivity contribution < 1.29 is 4.79 Å². The third-order valence-electron chi connectivity index (χ3n) is 6.01. The molecule has 2 aliphatic carbocycles. The van der Waals surface area contributed by atoms with Crippen LogP contribution in [0.5, 0.6) is 0 Å². The van der Waals surface area contributed by atoms with Crippen LogP contribution in [0.15, 0.2) is 24.3 Å². The number of hydrogen-bond donors (Lipinski definition) is 2. The first-order valence-electron chi connectivity index (χ1n) is 10.8. The van der Waals surface area contributed by atoms with Gasteiger partial charge in [0.15, 0.2) is 0 Å². The van der Waals surface area contributed by atoms with Gasteiger partial charge in [0.2, 0.25) is 0 Å². The molecule has 3 nitrogen and oxygen atoms in total. The molecule has 0 heterocycles. The van der Waals surface area contributed by atoms with Crippen molar-refractivity contribution in [1.29, 1.82) is 0 Å². The van der Waals surface area contributed by atoms with Crippen LogP contribution in [0.2, 0.25) is 0 Å². The van der Waals surface area contributed by atoms with Crippen molar-refractivity contribution in [1.82, 2.24) is 5.32 Å². The van der Waals surface area contributed by atoms with E-state index < -0.39 is 0 Å². The molecule has 2 aliphatic rings. The molecule has 2 atom stereocenters. The second-order valence-corrected chi connectivity index (χ2v) is 11.0. The molecule has 3 rings (SSSR count). The molecule has 2 fully saturated rings. The van der Waals surface area contributed by atoms with Gasteiger partial charge in [0, 0.05) is 22.0 Å². The summed E-state index contributed by atoms with van der Waals surface area (Å²) in [6.07, 6.45) is 11.9. The predicted octanol–water partition coefficient (Wildman–Crippen LogP) is 6.41. The fourth-order valence-electron chi connectivity index (χ4n) is 4.62. The Morgan fingerprint density at radius 2 is 1.56 bits per heavy atom. The molecule has 150 valence electrons. The molecule has 0 spiro atoms. The lowest BCUT2D eigenvalue weighted by Gasteiger charge is -2.39. The molecule has 2 unspecified atom stereocenters. The summed E-state index contributed by atoms with van der Waals surface area (Å²) in [5, 5.41) is 3.39. The van der Waals surface area contributed by atoms with Crippen LogP contribution in [-0.2, 0) is 0 Å². The van der Waals surface area contributed by atoms with Gasteiger partial charge in [-0.15, -0.1) is 0 Å². The van der Waals surface area contributed by atoms with E-state index in [1.807, 2.05) is 24.3 Å². The molecule has 0 saturated heterocycles. The first kappa shape index (κ1) is 20.6. The molecule has 27 heavy (non-hydrogen) atoms. The number of nitrogens with one attached hydrogen (secondary N) is 2. The fraction of sp³-hybridized carbons (Fsp3) is 0.696. The minimum absolute atomic E-state index is 0.0951. The summed E-state index contributed by atoms with van der Waals surface area (Å²) in [5.74, 6) is 1.61. The summed E-state index contributed by atoms with van der Waals surface area (Å²) < 4.78 is 3.53. The highest BCUT2D eigenvalue weighted by Crippen LogP contribution is 2.38. The standard InChI is InChI=1S/C23H36N2OS/c1-23(2,3)27-25-19-15-13-18(14-16-19)22(26)24-21-12-8-7-11-20(21)17-9-5-4-6-10-17/h13-17,20-21,25H,4-12H2,1-3H3,(H,24,26). The van der Waals surface area contributed by atoms with Crippen LogP contribution in [0.3, 0.4) is 0 Å². The molecule has 0 radical (unpaired) electrons. The highest BCUT2D eigenvalue weighted by atomic mass is 32.2. The minimum Gasteiger partial charge on any atom is -0.349 e. The van der Waals surface area contributed by atoms with Gasteiger partial charge >= 0.3 is 0 Å². The molecule has 1 amide bonds. The maximum atomic E-state index is 12.8. The van der Waals surface area contributed by atoms with Crippen molar-refractivity contribution in [3.05, 3.63) is 29.8 Å². The second-order valence-electron chi connectivity index (χ2n) is 9.32. The third-order valence-corrected chi connectivity index (χ3v) is 6.96. The third kappa shape index (κ3) is 6.17. The summed E-state index contributed by atoms with van der Waals surface area (Å²) in [6.45, 7) is 6.54. The van der Waals surface area contributed by atoms with Gasteiger partial charge in [-0.05, 0) is 81.7 Å². The van der Waals surface area contributed by atoms with Crippen LogP contribution >= 0.6 is 11.9 Å². The average molecular weight is 389 g/mol. The van der Waals surface area contributed by atoms with Gasteiger partial charge in [0.25, 0.3) is 5.91 Å². The Balaban J connectivity index is 1.58. The van der Waals surface area contributed by atoms with Gasteiger partial charge in [-0.1, -0.05) is 44.9 Å². The molecular formula is C23H36N2OS. The van der Waals surface area contributed by atoms with Crippen molar-refractivity contribution in [2.45, 2.75) is 89.3 Å². The summed E-state index contributed by atoms with van der Waals surface area (Å²) in [6, 6.07) is 8.27. The zero-order valence-corrected chi connectivity index (χ0v) is 18.0. The Bertz CT molecular complexity index is 602. The van der Waals surface area contributed by atoms with E-state index in [1.54, 1.807) is 11.9 Å². The van der Waals surface area contributed by atoms with Crippen LogP contribution in [0, 0.1) is 11.8 Å². The van der Waals surface area contributed by atoms with Crippen LogP contribution in [0.1, 0.15) is 88.9 Å². The monoisotopic (exact) mass is 388 g/mol. The molecule has 1 aromatic rings. The number of amides is 1. The van der Waals surface area contributed by atoms with E-state index in [1.165, 1.54) is 51.4 Å². The van der Waals surface area contributed by atoms with Gasteiger partial charge in [-0.25, -0.2) is 0 Å². The van der Waals surface area contributed by atoms with Gasteiger partial charge < -0.3 is 10.0 Å². The quantitative estimate of drug-likeness (QED) is 0.572. The Morgan fingerprint density at radius 3 is 2.22 bits per heavy atom. The van der Waals surface area contributed by atoms with Crippen molar-refractivity contribution in [2.75, 3.05) is 4.72 Å². The fourth-order valence-corrected chi connectivity index (χ4v) is 5.18. The van der Waals surface area contributed by atoms with Crippen molar-refractivity contribution >= 4 is 23.5 Å². The number of rotatable bonds is 5. The largest absolute Gasteiger partial charge is 0.349 e. The normalized spacial score (nSPS) is 24.4. The number of carbonyl (C=O) groups excluding carboxylic acids is 1. The molecule has 4 heteroatoms. The lowest BCUT2D eigenvalue weighted by atomic mass is 9.71. The lowest BCUT2D eigenvalue weighted by Crippen LogP contribution is -2.45. The van der Waals surface area contributed by atoms with Crippen molar-refractivity contribution in [3.63, 3.8) is 0 Å². The minimum atomic E-state index is 0.0951. The summed E-state index contributed by atoms with van der Waals surface area (Å²) in [4.78, 5) is 12.8. The van der Waals surface area contributed by atoms with E-state index in [0.29, 0.717) is 12.0 Å². The van der Waals surface area contributed by atoms with Gasteiger partial charge in [-0.3, -0.25) is 4.79 Å². The highest BCUT2D eigenvalue weighted by Gasteiger charge is 2.33. The first-order valence-corrected chi connectivity index (χ1v) is 11.6. The van der Waals surface area contributed by atoms with Crippen molar-refractivity contribution in [3.8, 4) is 0 Å². The zero-order chi connectivity index (χ0) is 19.3. The van der Waals surface area contributed by atoms with E-state index in [0.717, 1.165) is 23.6 Å². The zero-order valence-electron chi connectivity index (χ0n) is 17.2. The predicted molar refractivity (Wildman–Crippen MR) is 117 cm³/mol. The lowest BCUT2D eigenvalue weighted by molar-refractivity contribution is 0.0859. The van der Waals surface area contributed by atoms with Crippen LogP contribution < -0.4 is 10.0 Å². The van der Waals surface area contributed by atoms with E-state index in [9.17, 15) is 4.79 Å². The van der Waals surface area contributed by atoms with Gasteiger partial charge in [0.05, 0.1) is 0 Å². The SMILES string of the molecule is CC(C)(C)SNc1ccc(C(=O)NC2CCCCC2C2CCCCC2)cc1. The van der Waals surface area contributed by atoms with Gasteiger partial charge in [-0.2, -0.15) is 0 Å². The van der Waals surface area contributed by atoms with Crippen LogP contribution in [0.4, 0.5) is 5.69 Å². The Labute approximate surface area is 169 Å². The molecule has 1 aromatic carbocycles. The summed E-state index contributed by atoms with van der Waals surface area (Å²) in [5.41, 5.74) is 1.82. The van der Waals surface area contributed by atoms with Gasteiger partial charge in [0.1, 0.15) is 0 Å². The Morgan fingerprint density at radius 1 is 0.926 bits per heavy atom. The summed E-state index contributed by atoms with van der Waals surface area (Å²) in [7, 11) is 0. The number of hydrogen-bond acceptors (Lipinski definition) is 3. The molecule has 0 bridgehead atoms. The summed E-state index contributed by atoms with van der Waals surface area (Å²) >= 11 is 1.69. The molecular weight excluding hydrogens is 352 g/mol. The second kappa shape index (κ2) is 9.36. The molecule has 0 aromatic heterocycles. The topological polar surface area (TPSA) is 41.1 Å². The molecule has 0 aliphatic heterocycles. The Kier molecular flexibility index (Phi) is 7.13. The van der Waals surface area contributed by atoms with Crippen LogP contribution in [0.25, 0.3) is 0 Å². The van der Waals surface area contributed by atoms with E-state index in [4.69, 9.17) is 0 Å². The van der Waals surface area contributed by atoms with E-state index >= 15 is 0 Å². The first-order chi connectivity index (χ1) is 12.9. The van der Waals surface area contributed by atoms with E-state index in [-0.39, 0.29) is 10.7 Å². The molecule has 2 N–H and O–H groups in total. The number of carbonyl (C=O) groups is 1. The Hall–Kier alpha value is -1.16. The van der Waals surface area contributed by atoms with Crippen molar-refractivity contribution in [2.24, 2.45) is 11.8 Å². The maximum Gasteiger partial charge on any atom is 0.251 e. The van der Waals surface area contributed by atoms with Crippen LogP contribution in [-0.4, -0.2) is 16.7 Å².